The predicted octanol–water partition coefficient (Wildman–Crippen LogP) is 3.80. The first-order valence-electron chi connectivity index (χ1n) is 8.38. The lowest BCUT2D eigenvalue weighted by Crippen LogP contribution is -2.47. The van der Waals surface area contributed by atoms with E-state index < -0.39 is 0 Å². The second-order valence-corrected chi connectivity index (χ2v) is 7.76. The van der Waals surface area contributed by atoms with Crippen molar-refractivity contribution in [3.05, 3.63) is 34.3 Å². The average molecular weight is 351 g/mol. The Bertz CT molecular complexity index is 429. The topological polar surface area (TPSA) is 6.48 Å². The van der Waals surface area contributed by atoms with E-state index in [1.54, 1.807) is 0 Å². The van der Waals surface area contributed by atoms with Crippen molar-refractivity contribution in [2.45, 2.75) is 38.1 Å². The molecule has 3 rings (SSSR count). The first-order chi connectivity index (χ1) is 10.2. The van der Waals surface area contributed by atoms with Crippen LogP contribution >= 0.6 is 15.9 Å². The molecule has 0 saturated carbocycles. The highest BCUT2D eigenvalue weighted by molar-refractivity contribution is 9.10. The third kappa shape index (κ3) is 4.30. The third-order valence-corrected chi connectivity index (χ3v) is 5.82. The van der Waals surface area contributed by atoms with Gasteiger partial charge in [-0.25, -0.2) is 0 Å². The van der Waals surface area contributed by atoms with Gasteiger partial charge in [-0.1, -0.05) is 28.1 Å². The number of nitrogens with zero attached hydrogens (tertiary/aromatic N) is 2. The summed E-state index contributed by atoms with van der Waals surface area (Å²) in [6, 6.07) is 9.74. The highest BCUT2D eigenvalue weighted by Gasteiger charge is 2.27. The van der Waals surface area contributed by atoms with Gasteiger partial charge in [-0.15, -0.1) is 0 Å². The summed E-state index contributed by atoms with van der Waals surface area (Å²) in [4.78, 5) is 5.24. The molecule has 0 radical (unpaired) electrons. The van der Waals surface area contributed by atoms with E-state index in [9.17, 15) is 0 Å². The van der Waals surface area contributed by atoms with Crippen molar-refractivity contribution >= 4 is 15.9 Å². The summed E-state index contributed by atoms with van der Waals surface area (Å²) in [6.07, 6.45) is 6.75. The highest BCUT2D eigenvalue weighted by atomic mass is 79.9. The summed E-state index contributed by atoms with van der Waals surface area (Å²) in [7, 11) is 2.25. The predicted molar refractivity (Wildman–Crippen MR) is 92.7 cm³/mol. The number of likely N-dealkylation sites (tertiary alicyclic amines) is 2. The van der Waals surface area contributed by atoms with Crippen molar-refractivity contribution < 1.29 is 0 Å². The lowest BCUT2D eigenvalue weighted by atomic mass is 9.88. The fourth-order valence-corrected chi connectivity index (χ4v) is 4.10. The first kappa shape index (κ1) is 15.5. The van der Waals surface area contributed by atoms with Crippen LogP contribution < -0.4 is 0 Å². The van der Waals surface area contributed by atoms with Gasteiger partial charge < -0.3 is 9.80 Å². The molecule has 2 saturated heterocycles. The quantitative estimate of drug-likeness (QED) is 0.817. The normalized spacial score (nSPS) is 23.5. The van der Waals surface area contributed by atoms with Crippen LogP contribution in [0.3, 0.4) is 0 Å². The molecule has 0 atom stereocenters. The second-order valence-electron chi connectivity index (χ2n) is 6.84. The van der Waals surface area contributed by atoms with E-state index in [0.29, 0.717) is 0 Å². The van der Waals surface area contributed by atoms with Crippen LogP contribution in [0.4, 0.5) is 0 Å². The number of halogens is 1. The number of benzene rings is 1. The zero-order chi connectivity index (χ0) is 14.7. The third-order valence-electron chi connectivity index (χ3n) is 5.29. The summed E-state index contributed by atoms with van der Waals surface area (Å²) in [5.41, 5.74) is 1.50. The van der Waals surface area contributed by atoms with Crippen LogP contribution in [0.25, 0.3) is 0 Å². The molecule has 2 fully saturated rings. The largest absolute Gasteiger partial charge is 0.306 e. The lowest BCUT2D eigenvalue weighted by molar-refractivity contribution is 0.0855. The average Bonchev–Trinajstić information content (AvgIpc) is 2.51. The summed E-state index contributed by atoms with van der Waals surface area (Å²) in [5, 5.41) is 0. The number of rotatable bonds is 3. The standard InChI is InChI=1S/C18H27BrN2/c1-20-10-8-18(9-11-20)21-12-6-16(7-13-21)14-15-2-4-17(19)5-3-15/h2-5,16,18H,6-14H2,1H3. The minimum absolute atomic E-state index is 0.856. The molecule has 2 aliphatic rings. The SMILES string of the molecule is CN1CCC(N2CCC(Cc3ccc(Br)cc3)CC2)CC1. The highest BCUT2D eigenvalue weighted by Crippen LogP contribution is 2.26. The molecular formula is C18H27BrN2. The number of hydrogen-bond acceptors (Lipinski definition) is 2. The van der Waals surface area contributed by atoms with E-state index in [1.165, 1.54) is 68.3 Å². The molecule has 2 aliphatic heterocycles. The van der Waals surface area contributed by atoms with E-state index in [0.717, 1.165) is 12.0 Å². The molecule has 0 spiro atoms. The van der Waals surface area contributed by atoms with E-state index in [4.69, 9.17) is 0 Å². The van der Waals surface area contributed by atoms with Crippen LogP contribution in [0.15, 0.2) is 28.7 Å². The van der Waals surface area contributed by atoms with E-state index in [1.807, 2.05) is 0 Å². The maximum atomic E-state index is 3.52. The van der Waals surface area contributed by atoms with Crippen molar-refractivity contribution in [3.8, 4) is 0 Å². The summed E-state index contributed by atoms with van der Waals surface area (Å²) >= 11 is 3.52. The van der Waals surface area contributed by atoms with Crippen molar-refractivity contribution in [2.24, 2.45) is 5.92 Å². The Kier molecular flexibility index (Phi) is 5.36. The maximum Gasteiger partial charge on any atom is 0.0175 e. The number of piperidine rings is 2. The van der Waals surface area contributed by atoms with Crippen molar-refractivity contribution in [1.82, 2.24) is 9.80 Å². The van der Waals surface area contributed by atoms with Gasteiger partial charge in [0.05, 0.1) is 0 Å². The lowest BCUT2D eigenvalue weighted by Gasteiger charge is -2.41. The van der Waals surface area contributed by atoms with Crippen LogP contribution in [0.5, 0.6) is 0 Å². The van der Waals surface area contributed by atoms with Crippen LogP contribution in [0.1, 0.15) is 31.2 Å². The Hall–Kier alpha value is -0.380. The minimum atomic E-state index is 0.856. The van der Waals surface area contributed by atoms with Gasteiger partial charge in [0.25, 0.3) is 0 Å². The van der Waals surface area contributed by atoms with Crippen molar-refractivity contribution in [2.75, 3.05) is 33.2 Å². The monoisotopic (exact) mass is 350 g/mol. The Balaban J connectivity index is 1.45. The van der Waals surface area contributed by atoms with Crippen molar-refractivity contribution in [1.29, 1.82) is 0 Å². The molecule has 3 heteroatoms. The fraction of sp³-hybridized carbons (Fsp3) is 0.667. The molecule has 2 nitrogen and oxygen atoms in total. The van der Waals surface area contributed by atoms with Crippen LogP contribution in [0.2, 0.25) is 0 Å². The Labute approximate surface area is 137 Å². The zero-order valence-electron chi connectivity index (χ0n) is 13.1. The molecule has 2 heterocycles. The maximum absolute atomic E-state index is 3.52. The van der Waals surface area contributed by atoms with Gasteiger partial charge in [0.1, 0.15) is 0 Å². The zero-order valence-corrected chi connectivity index (χ0v) is 14.7. The minimum Gasteiger partial charge on any atom is -0.306 e. The van der Waals surface area contributed by atoms with Crippen LogP contribution in [-0.2, 0) is 6.42 Å². The molecule has 1 aromatic carbocycles. The summed E-state index contributed by atoms with van der Waals surface area (Å²) < 4.78 is 1.18. The van der Waals surface area contributed by atoms with Gasteiger partial charge >= 0.3 is 0 Å². The van der Waals surface area contributed by atoms with Gasteiger partial charge in [-0.2, -0.15) is 0 Å². The van der Waals surface area contributed by atoms with E-state index in [-0.39, 0.29) is 0 Å². The molecule has 1 aromatic rings. The van der Waals surface area contributed by atoms with Crippen LogP contribution in [-0.4, -0.2) is 49.1 Å². The fourth-order valence-electron chi connectivity index (χ4n) is 3.84. The molecule has 0 amide bonds. The van der Waals surface area contributed by atoms with Crippen LogP contribution in [0, 0.1) is 5.92 Å². The molecule has 0 unspecified atom stereocenters. The Morgan fingerprint density at radius 1 is 0.952 bits per heavy atom. The van der Waals surface area contributed by atoms with E-state index in [2.05, 4.69) is 57.0 Å². The Morgan fingerprint density at radius 2 is 1.57 bits per heavy atom. The molecule has 0 aromatic heterocycles. The van der Waals surface area contributed by atoms with Gasteiger partial charge in [0, 0.05) is 10.5 Å². The second kappa shape index (κ2) is 7.26. The molecule has 0 bridgehead atoms. The van der Waals surface area contributed by atoms with Crippen molar-refractivity contribution in [3.63, 3.8) is 0 Å². The molecule has 21 heavy (non-hydrogen) atoms. The first-order valence-corrected chi connectivity index (χ1v) is 9.17. The molecule has 0 N–H and O–H groups in total. The molecular weight excluding hydrogens is 324 g/mol. The molecule has 0 aliphatic carbocycles. The molecule has 116 valence electrons. The number of hydrogen-bond donors (Lipinski definition) is 0. The van der Waals surface area contributed by atoms with Gasteiger partial charge in [-0.3, -0.25) is 0 Å². The van der Waals surface area contributed by atoms with Gasteiger partial charge in [0.15, 0.2) is 0 Å². The smallest absolute Gasteiger partial charge is 0.0175 e. The van der Waals surface area contributed by atoms with Gasteiger partial charge in [0.2, 0.25) is 0 Å². The van der Waals surface area contributed by atoms with Gasteiger partial charge in [-0.05, 0) is 88.9 Å². The van der Waals surface area contributed by atoms with E-state index >= 15 is 0 Å². The summed E-state index contributed by atoms with van der Waals surface area (Å²) in [5.74, 6) is 0.883. The Morgan fingerprint density at radius 3 is 2.19 bits per heavy atom. The summed E-state index contributed by atoms with van der Waals surface area (Å²) in [6.45, 7) is 5.19.